The first-order valence-electron chi connectivity index (χ1n) is 15.9. The SMILES string of the molecule is N#Cc1ccc(-c2ccccc2-n2c3ccccc3c3ccccc32)cc1-c1c2ccccc2c(-c2ccccc2)c2ccccc12. The Kier molecular flexibility index (Phi) is 6.23. The van der Waals surface area contributed by atoms with Gasteiger partial charge in [-0.2, -0.15) is 5.26 Å². The Labute approximate surface area is 273 Å². The van der Waals surface area contributed by atoms with E-state index < -0.39 is 0 Å². The highest BCUT2D eigenvalue weighted by molar-refractivity contribution is 6.22. The summed E-state index contributed by atoms with van der Waals surface area (Å²) in [6.07, 6.45) is 0. The van der Waals surface area contributed by atoms with Gasteiger partial charge < -0.3 is 4.57 Å². The molecule has 0 saturated heterocycles. The lowest BCUT2D eigenvalue weighted by atomic mass is 9.84. The lowest BCUT2D eigenvalue weighted by molar-refractivity contribution is 1.18. The lowest BCUT2D eigenvalue weighted by Gasteiger charge is -2.19. The summed E-state index contributed by atoms with van der Waals surface area (Å²) in [7, 11) is 0. The summed E-state index contributed by atoms with van der Waals surface area (Å²) in [5.41, 5.74) is 10.7. The maximum absolute atomic E-state index is 10.5. The summed E-state index contributed by atoms with van der Waals surface area (Å²) in [4.78, 5) is 0. The van der Waals surface area contributed by atoms with Gasteiger partial charge >= 0.3 is 0 Å². The van der Waals surface area contributed by atoms with Gasteiger partial charge in [0.25, 0.3) is 0 Å². The second-order valence-corrected chi connectivity index (χ2v) is 12.0. The minimum Gasteiger partial charge on any atom is -0.309 e. The molecule has 0 N–H and O–H groups in total. The zero-order chi connectivity index (χ0) is 31.3. The molecule has 9 rings (SSSR count). The van der Waals surface area contributed by atoms with Crippen molar-refractivity contribution in [3.8, 4) is 45.1 Å². The van der Waals surface area contributed by atoms with Crippen LogP contribution < -0.4 is 0 Å². The minimum absolute atomic E-state index is 0.658. The third-order valence-electron chi connectivity index (χ3n) is 9.44. The molecule has 0 atom stereocenters. The summed E-state index contributed by atoms with van der Waals surface area (Å²) >= 11 is 0. The summed E-state index contributed by atoms with van der Waals surface area (Å²) in [5.74, 6) is 0. The van der Waals surface area contributed by atoms with Gasteiger partial charge in [-0.3, -0.25) is 0 Å². The second kappa shape index (κ2) is 10.9. The average Bonchev–Trinajstić information content (AvgIpc) is 3.48. The van der Waals surface area contributed by atoms with E-state index in [4.69, 9.17) is 0 Å². The van der Waals surface area contributed by atoms with Crippen molar-refractivity contribution in [1.29, 1.82) is 5.26 Å². The van der Waals surface area contributed by atoms with Gasteiger partial charge in [0.1, 0.15) is 0 Å². The fourth-order valence-electron chi connectivity index (χ4n) is 7.45. The molecule has 0 saturated carbocycles. The third-order valence-corrected chi connectivity index (χ3v) is 9.44. The van der Waals surface area contributed by atoms with Crippen LogP contribution in [0.25, 0.3) is 82.4 Å². The molecule has 0 aliphatic carbocycles. The first-order valence-corrected chi connectivity index (χ1v) is 15.9. The molecule has 0 fully saturated rings. The van der Waals surface area contributed by atoms with Crippen LogP contribution in [0.1, 0.15) is 5.56 Å². The van der Waals surface area contributed by atoms with Crippen LogP contribution in [0.5, 0.6) is 0 Å². The first kappa shape index (κ1) is 26.9. The molecule has 1 heterocycles. The number of aromatic nitrogens is 1. The zero-order valence-corrected chi connectivity index (χ0v) is 25.6. The van der Waals surface area contributed by atoms with Crippen LogP contribution in [0.4, 0.5) is 0 Å². The van der Waals surface area contributed by atoms with Crippen molar-refractivity contribution in [2.45, 2.75) is 0 Å². The van der Waals surface area contributed by atoms with E-state index in [9.17, 15) is 5.26 Å². The molecular weight excluding hydrogens is 569 g/mol. The van der Waals surface area contributed by atoms with Crippen LogP contribution in [-0.4, -0.2) is 4.57 Å². The van der Waals surface area contributed by atoms with Crippen LogP contribution in [0.2, 0.25) is 0 Å². The number of nitriles is 1. The predicted octanol–water partition coefficient (Wildman–Crippen LogP) is 12.0. The van der Waals surface area contributed by atoms with Gasteiger partial charge in [-0.1, -0.05) is 140 Å². The van der Waals surface area contributed by atoms with E-state index in [1.54, 1.807) is 0 Å². The Morgan fingerprint density at radius 3 is 1.47 bits per heavy atom. The molecular formula is C45H28N2. The van der Waals surface area contributed by atoms with Crippen LogP contribution in [0.15, 0.2) is 170 Å². The van der Waals surface area contributed by atoms with Gasteiger partial charge in [0.15, 0.2) is 0 Å². The highest BCUT2D eigenvalue weighted by atomic mass is 15.0. The van der Waals surface area contributed by atoms with Crippen molar-refractivity contribution in [3.05, 3.63) is 175 Å². The summed E-state index contributed by atoms with van der Waals surface area (Å²) in [5, 5.41) is 17.6. The summed E-state index contributed by atoms with van der Waals surface area (Å²) < 4.78 is 2.37. The average molecular weight is 597 g/mol. The molecule has 218 valence electrons. The van der Waals surface area contributed by atoms with Crippen molar-refractivity contribution < 1.29 is 0 Å². The predicted molar refractivity (Wildman–Crippen MR) is 197 cm³/mol. The van der Waals surface area contributed by atoms with E-state index in [1.807, 2.05) is 6.07 Å². The largest absolute Gasteiger partial charge is 0.309 e. The monoisotopic (exact) mass is 596 g/mol. The minimum atomic E-state index is 0.658. The molecule has 2 heteroatoms. The van der Waals surface area contributed by atoms with E-state index in [-0.39, 0.29) is 0 Å². The van der Waals surface area contributed by atoms with Crippen molar-refractivity contribution in [2.24, 2.45) is 0 Å². The van der Waals surface area contributed by atoms with Gasteiger partial charge in [-0.15, -0.1) is 0 Å². The van der Waals surface area contributed by atoms with Crippen LogP contribution in [-0.2, 0) is 0 Å². The van der Waals surface area contributed by atoms with Crippen molar-refractivity contribution in [2.75, 3.05) is 0 Å². The molecule has 0 radical (unpaired) electrons. The molecule has 0 spiro atoms. The number of rotatable bonds is 4. The molecule has 0 bridgehead atoms. The van der Waals surface area contributed by atoms with Crippen LogP contribution in [0.3, 0.4) is 0 Å². The Bertz CT molecular complexity index is 2580. The number of benzene rings is 8. The topological polar surface area (TPSA) is 28.7 Å². The zero-order valence-electron chi connectivity index (χ0n) is 25.6. The van der Waals surface area contributed by atoms with Gasteiger partial charge in [0.05, 0.1) is 28.4 Å². The molecule has 2 nitrogen and oxygen atoms in total. The number of para-hydroxylation sites is 3. The maximum atomic E-state index is 10.5. The fraction of sp³-hybridized carbons (Fsp3) is 0. The van der Waals surface area contributed by atoms with Gasteiger partial charge in [-0.25, -0.2) is 0 Å². The smallest absolute Gasteiger partial charge is 0.0998 e. The van der Waals surface area contributed by atoms with Gasteiger partial charge in [-0.05, 0) is 74.1 Å². The van der Waals surface area contributed by atoms with E-state index in [0.29, 0.717) is 5.56 Å². The van der Waals surface area contributed by atoms with Crippen molar-refractivity contribution >= 4 is 43.4 Å². The molecule has 8 aromatic carbocycles. The molecule has 9 aromatic rings. The number of hydrogen-bond donors (Lipinski definition) is 0. The second-order valence-electron chi connectivity index (χ2n) is 12.0. The molecule has 0 aliphatic heterocycles. The standard InChI is InChI=1S/C45H28N2/c46-29-32-27-26-31(33-16-8-11-23-41(33)47-42-24-12-9-17-34(42)35-18-10-13-25-43(35)47)28-40(32)45-38-21-6-4-19-36(38)44(30-14-2-1-3-15-30)37-20-5-7-22-39(37)45/h1-28H. The number of nitrogens with zero attached hydrogens (tertiary/aromatic N) is 2. The van der Waals surface area contributed by atoms with E-state index in [0.717, 1.165) is 38.7 Å². The highest BCUT2D eigenvalue weighted by Gasteiger charge is 2.20. The summed E-state index contributed by atoms with van der Waals surface area (Å²) in [6.45, 7) is 0. The van der Waals surface area contributed by atoms with E-state index in [2.05, 4.69) is 174 Å². The van der Waals surface area contributed by atoms with Crippen molar-refractivity contribution in [1.82, 2.24) is 4.57 Å². The number of fused-ring (bicyclic) bond motifs is 5. The maximum Gasteiger partial charge on any atom is 0.0998 e. The third kappa shape index (κ3) is 4.18. The Hall–Kier alpha value is -6.43. The van der Waals surface area contributed by atoms with Crippen LogP contribution in [0, 0.1) is 11.3 Å². The number of hydrogen-bond acceptors (Lipinski definition) is 1. The Morgan fingerprint density at radius 1 is 0.383 bits per heavy atom. The fourth-order valence-corrected chi connectivity index (χ4v) is 7.45. The molecule has 1 aromatic heterocycles. The first-order chi connectivity index (χ1) is 23.3. The van der Waals surface area contributed by atoms with Gasteiger partial charge in [0, 0.05) is 21.9 Å². The van der Waals surface area contributed by atoms with E-state index >= 15 is 0 Å². The normalized spacial score (nSPS) is 11.4. The molecule has 0 amide bonds. The van der Waals surface area contributed by atoms with E-state index in [1.165, 1.54) is 43.7 Å². The summed E-state index contributed by atoms with van der Waals surface area (Å²) in [6, 6.07) is 62.5. The molecule has 0 aliphatic rings. The highest BCUT2D eigenvalue weighted by Crippen LogP contribution is 2.45. The molecule has 47 heavy (non-hydrogen) atoms. The van der Waals surface area contributed by atoms with Gasteiger partial charge in [0.2, 0.25) is 0 Å². The van der Waals surface area contributed by atoms with Crippen molar-refractivity contribution in [3.63, 3.8) is 0 Å². The Balaban J connectivity index is 1.34. The molecule has 0 unspecified atom stereocenters. The lowest BCUT2D eigenvalue weighted by Crippen LogP contribution is -1.98. The Morgan fingerprint density at radius 2 is 0.872 bits per heavy atom. The quantitative estimate of drug-likeness (QED) is 0.186. The van der Waals surface area contributed by atoms with Crippen LogP contribution >= 0.6 is 0 Å².